The minimum absolute atomic E-state index is 0.00640. The fraction of sp³-hybridized carbons (Fsp3) is 0.800. The van der Waals surface area contributed by atoms with Crippen LogP contribution in [0.5, 0.6) is 0 Å². The molecule has 0 aromatic carbocycles. The molecule has 0 saturated carbocycles. The van der Waals surface area contributed by atoms with Crippen molar-refractivity contribution in [1.29, 1.82) is 0 Å². The summed E-state index contributed by atoms with van der Waals surface area (Å²) in [7, 11) is 0. The van der Waals surface area contributed by atoms with E-state index in [1.165, 1.54) is 0 Å². The van der Waals surface area contributed by atoms with Crippen LogP contribution in [-0.2, 0) is 0 Å². The molecule has 138 valence electrons. The Bertz CT molecular complexity index is 398. The number of anilines is 3. The summed E-state index contributed by atoms with van der Waals surface area (Å²) < 4.78 is 0. The molecule has 1 aromatic rings. The summed E-state index contributed by atoms with van der Waals surface area (Å²) in [6.07, 6.45) is 0. The first-order valence-electron chi connectivity index (χ1n) is 8.48. The third kappa shape index (κ3) is 5.43. The van der Waals surface area contributed by atoms with Gasteiger partial charge in [0.1, 0.15) is 0 Å². The summed E-state index contributed by atoms with van der Waals surface area (Å²) in [4.78, 5) is 19.1. The molecule has 0 amide bonds. The topological polar surface area (TPSA) is 109 Å². The SMILES string of the molecule is CCN(CCO)c1nc(N(CC)CCO)nc(N(CC)CCO)n1. The Morgan fingerprint density at radius 2 is 0.833 bits per heavy atom. The number of hydrogen-bond donors (Lipinski definition) is 3. The fourth-order valence-electron chi connectivity index (χ4n) is 2.33. The second kappa shape index (κ2) is 11.0. The minimum atomic E-state index is 0.00640. The van der Waals surface area contributed by atoms with Crippen molar-refractivity contribution in [1.82, 2.24) is 15.0 Å². The fourth-order valence-corrected chi connectivity index (χ4v) is 2.33. The zero-order valence-electron chi connectivity index (χ0n) is 14.9. The van der Waals surface area contributed by atoms with Crippen molar-refractivity contribution in [2.75, 3.05) is 73.8 Å². The highest BCUT2D eigenvalue weighted by Gasteiger charge is 2.18. The van der Waals surface area contributed by atoms with Crippen LogP contribution in [0, 0.1) is 0 Å². The number of nitrogens with zero attached hydrogens (tertiary/aromatic N) is 6. The standard InChI is InChI=1S/C15H30N6O3/c1-4-19(7-10-22)13-16-14(20(5-2)8-11-23)18-15(17-13)21(6-3)9-12-24/h22-24H,4-12H2,1-3H3. The molecular formula is C15H30N6O3. The molecule has 0 aliphatic carbocycles. The molecular weight excluding hydrogens is 312 g/mol. The van der Waals surface area contributed by atoms with Gasteiger partial charge in [0, 0.05) is 39.3 Å². The monoisotopic (exact) mass is 342 g/mol. The quantitative estimate of drug-likeness (QED) is 0.455. The van der Waals surface area contributed by atoms with Crippen LogP contribution in [0.15, 0.2) is 0 Å². The van der Waals surface area contributed by atoms with E-state index < -0.39 is 0 Å². The number of aliphatic hydroxyl groups is 3. The first-order chi connectivity index (χ1) is 11.6. The molecule has 0 fully saturated rings. The lowest BCUT2D eigenvalue weighted by molar-refractivity contribution is 0.300. The number of aromatic nitrogens is 3. The Morgan fingerprint density at radius 1 is 0.583 bits per heavy atom. The zero-order valence-corrected chi connectivity index (χ0v) is 14.9. The van der Waals surface area contributed by atoms with Gasteiger partial charge in [0.05, 0.1) is 19.8 Å². The normalized spacial score (nSPS) is 10.8. The van der Waals surface area contributed by atoms with Gasteiger partial charge in [-0.2, -0.15) is 15.0 Å². The van der Waals surface area contributed by atoms with E-state index in [9.17, 15) is 15.3 Å². The van der Waals surface area contributed by atoms with Gasteiger partial charge in [0.25, 0.3) is 0 Å². The lowest BCUT2D eigenvalue weighted by Crippen LogP contribution is -2.34. The Balaban J connectivity index is 3.31. The van der Waals surface area contributed by atoms with Crippen LogP contribution in [0.25, 0.3) is 0 Å². The third-order valence-electron chi connectivity index (χ3n) is 3.70. The third-order valence-corrected chi connectivity index (χ3v) is 3.70. The van der Waals surface area contributed by atoms with E-state index in [-0.39, 0.29) is 19.8 Å². The van der Waals surface area contributed by atoms with Crippen molar-refractivity contribution >= 4 is 17.8 Å². The molecule has 0 bridgehead atoms. The van der Waals surface area contributed by atoms with Gasteiger partial charge < -0.3 is 30.0 Å². The largest absolute Gasteiger partial charge is 0.395 e. The maximum absolute atomic E-state index is 9.25. The average Bonchev–Trinajstić information content (AvgIpc) is 2.61. The molecule has 9 nitrogen and oxygen atoms in total. The van der Waals surface area contributed by atoms with Crippen LogP contribution in [0.2, 0.25) is 0 Å². The molecule has 24 heavy (non-hydrogen) atoms. The molecule has 3 N–H and O–H groups in total. The molecule has 0 unspecified atom stereocenters. The highest BCUT2D eigenvalue weighted by Crippen LogP contribution is 2.19. The van der Waals surface area contributed by atoms with Gasteiger partial charge in [-0.3, -0.25) is 0 Å². The summed E-state index contributed by atoms with van der Waals surface area (Å²) in [5.74, 6) is 1.46. The van der Waals surface area contributed by atoms with Gasteiger partial charge in [0.2, 0.25) is 17.8 Å². The molecule has 0 saturated heterocycles. The second-order valence-electron chi connectivity index (χ2n) is 5.15. The summed E-state index contributed by atoms with van der Waals surface area (Å²) in [6, 6.07) is 0. The molecule has 0 aliphatic heterocycles. The van der Waals surface area contributed by atoms with Gasteiger partial charge in [-0.15, -0.1) is 0 Å². The number of aliphatic hydroxyl groups excluding tert-OH is 3. The summed E-state index contributed by atoms with van der Waals surface area (Å²) in [6.45, 7) is 9.17. The lowest BCUT2D eigenvalue weighted by Gasteiger charge is -2.27. The predicted octanol–water partition coefficient (Wildman–Crippen LogP) is -0.673. The Labute approximate surface area is 143 Å². The minimum Gasteiger partial charge on any atom is -0.395 e. The summed E-state index contributed by atoms with van der Waals surface area (Å²) in [5.41, 5.74) is 0. The highest BCUT2D eigenvalue weighted by molar-refractivity contribution is 5.46. The Kier molecular flexibility index (Phi) is 9.28. The molecule has 9 heteroatoms. The van der Waals surface area contributed by atoms with E-state index >= 15 is 0 Å². The molecule has 0 atom stereocenters. The van der Waals surface area contributed by atoms with E-state index in [1.54, 1.807) is 0 Å². The van der Waals surface area contributed by atoms with Gasteiger partial charge in [-0.1, -0.05) is 0 Å². The zero-order chi connectivity index (χ0) is 17.9. The van der Waals surface area contributed by atoms with E-state index in [0.717, 1.165) is 0 Å². The van der Waals surface area contributed by atoms with Crippen molar-refractivity contribution in [2.45, 2.75) is 20.8 Å². The number of rotatable bonds is 12. The molecule has 1 heterocycles. The van der Waals surface area contributed by atoms with E-state index in [4.69, 9.17) is 0 Å². The molecule has 0 aliphatic rings. The molecule has 0 radical (unpaired) electrons. The predicted molar refractivity (Wildman–Crippen MR) is 94.7 cm³/mol. The maximum Gasteiger partial charge on any atom is 0.232 e. The van der Waals surface area contributed by atoms with E-state index in [0.29, 0.717) is 57.1 Å². The maximum atomic E-state index is 9.25. The van der Waals surface area contributed by atoms with E-state index in [1.807, 2.05) is 35.5 Å². The van der Waals surface area contributed by atoms with Crippen molar-refractivity contribution in [3.8, 4) is 0 Å². The molecule has 1 aromatic heterocycles. The van der Waals surface area contributed by atoms with Crippen LogP contribution >= 0.6 is 0 Å². The highest BCUT2D eigenvalue weighted by atomic mass is 16.3. The van der Waals surface area contributed by atoms with Gasteiger partial charge in [-0.25, -0.2) is 0 Å². The Morgan fingerprint density at radius 3 is 1.00 bits per heavy atom. The first-order valence-corrected chi connectivity index (χ1v) is 8.48. The van der Waals surface area contributed by atoms with E-state index in [2.05, 4.69) is 15.0 Å². The summed E-state index contributed by atoms with van der Waals surface area (Å²) >= 11 is 0. The summed E-state index contributed by atoms with van der Waals surface area (Å²) in [5, 5.41) is 27.7. The van der Waals surface area contributed by atoms with Gasteiger partial charge in [0.15, 0.2) is 0 Å². The average molecular weight is 342 g/mol. The first kappa shape index (κ1) is 20.3. The van der Waals surface area contributed by atoms with Crippen molar-refractivity contribution in [2.24, 2.45) is 0 Å². The van der Waals surface area contributed by atoms with Crippen LogP contribution in [0.1, 0.15) is 20.8 Å². The smallest absolute Gasteiger partial charge is 0.232 e. The number of hydrogen-bond acceptors (Lipinski definition) is 9. The van der Waals surface area contributed by atoms with Crippen LogP contribution < -0.4 is 14.7 Å². The van der Waals surface area contributed by atoms with Crippen LogP contribution in [-0.4, -0.2) is 89.4 Å². The van der Waals surface area contributed by atoms with Crippen molar-refractivity contribution in [3.05, 3.63) is 0 Å². The van der Waals surface area contributed by atoms with Gasteiger partial charge >= 0.3 is 0 Å². The number of likely N-dealkylation sites (N-methyl/N-ethyl adjacent to an activating group) is 3. The second-order valence-corrected chi connectivity index (χ2v) is 5.15. The lowest BCUT2D eigenvalue weighted by atomic mass is 10.5. The van der Waals surface area contributed by atoms with Gasteiger partial charge in [-0.05, 0) is 20.8 Å². The van der Waals surface area contributed by atoms with Crippen LogP contribution in [0.3, 0.4) is 0 Å². The molecule has 1 rings (SSSR count). The Hall–Kier alpha value is -1.71. The van der Waals surface area contributed by atoms with Crippen LogP contribution in [0.4, 0.5) is 17.8 Å². The van der Waals surface area contributed by atoms with Crippen molar-refractivity contribution in [3.63, 3.8) is 0 Å². The van der Waals surface area contributed by atoms with Crippen molar-refractivity contribution < 1.29 is 15.3 Å². The molecule has 0 spiro atoms.